The molecule has 4 rings (SSSR count). The molecule has 1 aliphatic rings. The smallest absolute Gasteiger partial charge is 0.308 e. The minimum Gasteiger partial charge on any atom is -0.505 e. The van der Waals surface area contributed by atoms with Crippen LogP contribution in [0.2, 0.25) is 0 Å². The van der Waals surface area contributed by atoms with Crippen LogP contribution in [0.4, 0.5) is 11.4 Å². The summed E-state index contributed by atoms with van der Waals surface area (Å²) in [7, 11) is 0. The highest BCUT2D eigenvalue weighted by Gasteiger charge is 2.30. The highest BCUT2D eigenvalue weighted by molar-refractivity contribution is 5.73. The third-order valence-electron chi connectivity index (χ3n) is 6.90. The Morgan fingerprint density at radius 3 is 2.63 bits per heavy atom. The van der Waals surface area contributed by atoms with Crippen LogP contribution in [-0.2, 0) is 9.53 Å². The van der Waals surface area contributed by atoms with Crippen LogP contribution in [0.1, 0.15) is 60.9 Å². The van der Waals surface area contributed by atoms with E-state index >= 15 is 0 Å². The van der Waals surface area contributed by atoms with E-state index in [1.165, 1.54) is 10.8 Å². The van der Waals surface area contributed by atoms with Crippen molar-refractivity contribution in [3.05, 3.63) is 88.9 Å². The third kappa shape index (κ3) is 5.29. The van der Waals surface area contributed by atoms with Gasteiger partial charge in [0.15, 0.2) is 5.69 Å². The van der Waals surface area contributed by atoms with Crippen molar-refractivity contribution in [2.75, 3.05) is 6.61 Å². The molecule has 0 saturated heterocycles. The van der Waals surface area contributed by atoms with Crippen molar-refractivity contribution in [1.29, 1.82) is 0 Å². The monoisotopic (exact) mass is 512 g/mol. The number of aromatic nitrogens is 2. The average molecular weight is 513 g/mol. The van der Waals surface area contributed by atoms with Crippen LogP contribution in [-0.4, -0.2) is 27.5 Å². The largest absolute Gasteiger partial charge is 0.505 e. The SMILES string of the molecule is C=Cc1ccc(-n2[nH]c(C=C)c(N=Nc3cccc(C4CCCC(C(=O)OCC)C4)c3O)c2=O)cc1C=C. The first-order chi connectivity index (χ1) is 18.4. The second-order valence-corrected chi connectivity index (χ2v) is 9.17. The first-order valence-corrected chi connectivity index (χ1v) is 12.7. The van der Waals surface area contributed by atoms with E-state index < -0.39 is 5.56 Å². The molecule has 0 spiro atoms. The van der Waals surface area contributed by atoms with Gasteiger partial charge in [-0.1, -0.05) is 56.5 Å². The highest BCUT2D eigenvalue weighted by Crippen LogP contribution is 2.43. The molecule has 0 bridgehead atoms. The maximum atomic E-state index is 13.3. The van der Waals surface area contributed by atoms with Gasteiger partial charge in [-0.05, 0) is 73.1 Å². The minimum absolute atomic E-state index is 0.000813. The summed E-state index contributed by atoms with van der Waals surface area (Å²) in [5, 5.41) is 22.5. The Morgan fingerprint density at radius 1 is 1.13 bits per heavy atom. The summed E-state index contributed by atoms with van der Waals surface area (Å²) in [6.07, 6.45) is 8.01. The molecule has 2 aromatic carbocycles. The van der Waals surface area contributed by atoms with Gasteiger partial charge in [0, 0.05) is 0 Å². The lowest BCUT2D eigenvalue weighted by atomic mass is 9.77. The van der Waals surface area contributed by atoms with Gasteiger partial charge in [-0.3, -0.25) is 14.7 Å². The molecule has 8 heteroatoms. The Balaban J connectivity index is 1.64. The number of H-pyrrole nitrogens is 1. The molecule has 1 fully saturated rings. The lowest BCUT2D eigenvalue weighted by molar-refractivity contribution is -0.149. The molecular weight excluding hydrogens is 480 g/mol. The van der Waals surface area contributed by atoms with Crippen molar-refractivity contribution in [3.63, 3.8) is 0 Å². The molecule has 2 N–H and O–H groups in total. The van der Waals surface area contributed by atoms with Crippen molar-refractivity contribution >= 4 is 35.6 Å². The van der Waals surface area contributed by atoms with Gasteiger partial charge in [-0.25, -0.2) is 4.68 Å². The lowest BCUT2D eigenvalue weighted by Crippen LogP contribution is -2.24. The van der Waals surface area contributed by atoms with Crippen molar-refractivity contribution in [3.8, 4) is 11.4 Å². The molecule has 3 aromatic rings. The van der Waals surface area contributed by atoms with Crippen molar-refractivity contribution in [2.24, 2.45) is 16.1 Å². The number of aromatic amines is 1. The van der Waals surface area contributed by atoms with Crippen LogP contribution in [0.3, 0.4) is 0 Å². The first kappa shape index (κ1) is 26.6. The van der Waals surface area contributed by atoms with Crippen LogP contribution in [0, 0.1) is 5.92 Å². The number of benzene rings is 2. The number of phenolic OH excluding ortho intramolecular Hbond substituents is 1. The molecule has 1 heterocycles. The van der Waals surface area contributed by atoms with E-state index in [-0.39, 0.29) is 34.9 Å². The van der Waals surface area contributed by atoms with Crippen LogP contribution in [0.25, 0.3) is 23.9 Å². The number of carbonyl (C=O) groups excluding carboxylic acids is 1. The van der Waals surface area contributed by atoms with E-state index in [0.29, 0.717) is 30.0 Å². The molecule has 0 amide bonds. The predicted molar refractivity (Wildman–Crippen MR) is 150 cm³/mol. The zero-order valence-corrected chi connectivity index (χ0v) is 21.5. The number of phenols is 1. The van der Waals surface area contributed by atoms with Crippen LogP contribution in [0.5, 0.6) is 5.75 Å². The van der Waals surface area contributed by atoms with Crippen molar-refractivity contribution < 1.29 is 14.6 Å². The van der Waals surface area contributed by atoms with Gasteiger partial charge in [0.1, 0.15) is 11.4 Å². The number of esters is 1. The molecule has 2 unspecified atom stereocenters. The number of rotatable bonds is 9. The summed E-state index contributed by atoms with van der Waals surface area (Å²) in [4.78, 5) is 25.5. The van der Waals surface area contributed by atoms with Crippen LogP contribution < -0.4 is 5.56 Å². The zero-order valence-electron chi connectivity index (χ0n) is 21.5. The first-order valence-electron chi connectivity index (χ1n) is 12.7. The second kappa shape index (κ2) is 11.7. The Labute approximate surface area is 221 Å². The Kier molecular flexibility index (Phi) is 8.21. The Morgan fingerprint density at radius 2 is 1.92 bits per heavy atom. The minimum atomic E-state index is -0.412. The van der Waals surface area contributed by atoms with Gasteiger partial charge < -0.3 is 9.84 Å². The Hall–Kier alpha value is -4.46. The summed E-state index contributed by atoms with van der Waals surface area (Å²) in [6, 6.07) is 10.7. The average Bonchev–Trinajstić information content (AvgIpc) is 3.27. The summed E-state index contributed by atoms with van der Waals surface area (Å²) in [6.45, 7) is 13.6. The molecule has 1 aromatic heterocycles. The summed E-state index contributed by atoms with van der Waals surface area (Å²) in [5.74, 6) is -0.377. The molecule has 196 valence electrons. The molecular formula is C30H32N4O4. The third-order valence-corrected chi connectivity index (χ3v) is 6.90. The summed E-state index contributed by atoms with van der Waals surface area (Å²) in [5.41, 5.74) is 3.33. The van der Waals surface area contributed by atoms with E-state index in [0.717, 1.165) is 30.4 Å². The number of para-hydroxylation sites is 1. The number of aromatic hydroxyl groups is 1. The standard InChI is InChI=1S/C30H32N4O4/c1-5-19-15-16-23(18-20(19)6-2)34-29(36)27(25(7-3)33-34)32-31-26-14-10-13-24(28(26)35)21-11-9-12-22(17-21)30(37)38-8-4/h5-7,10,13-16,18,21-22,33,35H,1-3,8-9,11-12,17H2,4H3. The van der Waals surface area contributed by atoms with Gasteiger partial charge in [0.05, 0.1) is 23.9 Å². The number of hydrogen-bond acceptors (Lipinski definition) is 6. The van der Waals surface area contributed by atoms with Gasteiger partial charge in [-0.2, -0.15) is 0 Å². The molecule has 2 atom stereocenters. The molecule has 38 heavy (non-hydrogen) atoms. The summed E-state index contributed by atoms with van der Waals surface area (Å²) < 4.78 is 6.57. The van der Waals surface area contributed by atoms with Gasteiger partial charge in [0.25, 0.3) is 5.56 Å². The lowest BCUT2D eigenvalue weighted by Gasteiger charge is -2.28. The van der Waals surface area contributed by atoms with Crippen LogP contribution >= 0.6 is 0 Å². The molecule has 0 aliphatic heterocycles. The normalized spacial score (nSPS) is 17.3. The number of azo groups is 1. The second-order valence-electron chi connectivity index (χ2n) is 9.17. The Bertz CT molecular complexity index is 1460. The van der Waals surface area contributed by atoms with Crippen LogP contribution in [0.15, 0.2) is 71.2 Å². The van der Waals surface area contributed by atoms with E-state index in [4.69, 9.17) is 4.74 Å². The maximum Gasteiger partial charge on any atom is 0.308 e. The predicted octanol–water partition coefficient (Wildman–Crippen LogP) is 7.05. The molecule has 8 nitrogen and oxygen atoms in total. The fraction of sp³-hybridized carbons (Fsp3) is 0.267. The number of hydrogen-bond donors (Lipinski definition) is 2. The molecule has 0 radical (unpaired) electrons. The zero-order chi connectivity index (χ0) is 27.2. The number of nitrogens with one attached hydrogen (secondary N) is 1. The highest BCUT2D eigenvalue weighted by atomic mass is 16.5. The van der Waals surface area contributed by atoms with E-state index in [2.05, 4.69) is 35.1 Å². The van der Waals surface area contributed by atoms with Crippen molar-refractivity contribution in [2.45, 2.75) is 38.5 Å². The van der Waals surface area contributed by atoms with Gasteiger partial charge >= 0.3 is 5.97 Å². The maximum absolute atomic E-state index is 13.3. The van der Waals surface area contributed by atoms with E-state index in [9.17, 15) is 14.7 Å². The molecule has 1 aliphatic carbocycles. The van der Waals surface area contributed by atoms with Crippen molar-refractivity contribution in [1.82, 2.24) is 9.78 Å². The fourth-order valence-electron chi connectivity index (χ4n) is 4.94. The van der Waals surface area contributed by atoms with E-state index in [1.54, 1.807) is 37.3 Å². The fourth-order valence-corrected chi connectivity index (χ4v) is 4.94. The topological polar surface area (TPSA) is 109 Å². The summed E-state index contributed by atoms with van der Waals surface area (Å²) >= 11 is 0. The quantitative estimate of drug-likeness (QED) is 0.236. The molecule has 1 saturated carbocycles. The van der Waals surface area contributed by atoms with E-state index in [1.807, 2.05) is 18.2 Å². The van der Waals surface area contributed by atoms with Gasteiger partial charge in [0.2, 0.25) is 0 Å². The van der Waals surface area contributed by atoms with Gasteiger partial charge in [-0.15, -0.1) is 10.2 Å². The number of nitrogens with zero attached hydrogens (tertiary/aromatic N) is 3. The number of ether oxygens (including phenoxy) is 1. The number of carbonyl (C=O) groups is 1.